The quantitative estimate of drug-likeness (QED) is 0.687. The first-order chi connectivity index (χ1) is 7.63. The number of rotatable bonds is 2. The molecule has 2 N–H and O–H groups in total. The van der Waals surface area contributed by atoms with Crippen LogP contribution >= 0.6 is 0 Å². The smallest absolute Gasteiger partial charge is 0.423 e. The number of ether oxygens (including phenoxy) is 1. The predicted octanol–water partition coefficient (Wildman–Crippen LogP) is 0.265. The van der Waals surface area contributed by atoms with E-state index in [1.165, 1.54) is 0 Å². The maximum absolute atomic E-state index is 12.0. The van der Waals surface area contributed by atoms with E-state index in [4.69, 9.17) is 14.2 Å². The van der Waals surface area contributed by atoms with Crippen LogP contribution in [0.5, 0.6) is 5.75 Å². The molecule has 0 amide bonds. The largest absolute Gasteiger partial charge is 0.573 e. The summed E-state index contributed by atoms with van der Waals surface area (Å²) >= 11 is 0. The third-order valence-corrected chi connectivity index (χ3v) is 1.16. The predicted molar refractivity (Wildman–Crippen MR) is 43.0 cm³/mol. The van der Waals surface area contributed by atoms with Gasteiger partial charge in [0.1, 0.15) is 5.75 Å². The van der Waals surface area contributed by atoms with Crippen molar-refractivity contribution in [3.05, 3.63) is 24.2 Å². The summed E-state index contributed by atoms with van der Waals surface area (Å²) in [5.74, 6) is -1.17. The molecular formula is C7H6BF3O3. The molecule has 0 atom stereocenters. The second-order valence-electron chi connectivity index (χ2n) is 2.22. The minimum atomic E-state index is -5.10. The maximum Gasteiger partial charge on any atom is 0.573 e. The maximum atomic E-state index is 12.0. The molecule has 0 aromatic heterocycles. The van der Waals surface area contributed by atoms with Crippen LogP contribution in [-0.4, -0.2) is 23.5 Å². The van der Waals surface area contributed by atoms with Gasteiger partial charge in [0.25, 0.3) is 0 Å². The molecule has 0 aliphatic carbocycles. The van der Waals surface area contributed by atoms with Gasteiger partial charge in [0.15, 0.2) is 0 Å². The van der Waals surface area contributed by atoms with E-state index in [9.17, 15) is 13.2 Å². The highest BCUT2D eigenvalue weighted by atomic mass is 19.4. The Kier molecular flexibility index (Phi) is 1.98. The van der Waals surface area contributed by atoms with E-state index in [-0.39, 0.29) is 0 Å². The standard InChI is InChI=1S/C7H6BF3O3/c9-7(10,11)14-6-3-1-2-5(4-6)8(12)13/h1-4,12-13H/i2D,3D,4D. The monoisotopic (exact) mass is 209 g/mol. The molecule has 1 aromatic rings. The van der Waals surface area contributed by atoms with Crippen LogP contribution in [-0.2, 0) is 0 Å². The minimum absolute atomic E-state index is 0.621. The van der Waals surface area contributed by atoms with Crippen LogP contribution in [0.25, 0.3) is 0 Å². The molecule has 0 saturated carbocycles. The zero-order chi connectivity index (χ0) is 13.4. The molecule has 7 heteroatoms. The molecule has 14 heavy (non-hydrogen) atoms. The molecule has 0 saturated heterocycles. The molecule has 0 unspecified atom stereocenters. The summed E-state index contributed by atoms with van der Waals surface area (Å²) in [7, 11) is -2.29. The van der Waals surface area contributed by atoms with Gasteiger partial charge in [-0.1, -0.05) is 12.1 Å². The first-order valence-electron chi connectivity index (χ1n) is 4.86. The van der Waals surface area contributed by atoms with E-state index in [1.54, 1.807) is 0 Å². The molecular weight excluding hydrogens is 200 g/mol. The summed E-state index contributed by atoms with van der Waals surface area (Å²) in [4.78, 5) is 0. The highest BCUT2D eigenvalue weighted by Gasteiger charge is 2.31. The van der Waals surface area contributed by atoms with Crippen LogP contribution in [0.2, 0.25) is 0 Å². The molecule has 3 nitrogen and oxygen atoms in total. The average molecular weight is 209 g/mol. The third kappa shape index (κ3) is 3.27. The topological polar surface area (TPSA) is 49.7 Å². The van der Waals surface area contributed by atoms with Crippen molar-refractivity contribution < 1.29 is 32.1 Å². The Morgan fingerprint density at radius 3 is 2.50 bits per heavy atom. The summed E-state index contributed by atoms with van der Waals surface area (Å²) < 4.78 is 61.0. The van der Waals surface area contributed by atoms with E-state index in [2.05, 4.69) is 4.74 Å². The van der Waals surface area contributed by atoms with Crippen molar-refractivity contribution >= 4 is 12.6 Å². The van der Waals surface area contributed by atoms with Crippen molar-refractivity contribution in [2.75, 3.05) is 0 Å². The van der Waals surface area contributed by atoms with Crippen LogP contribution in [0.1, 0.15) is 4.11 Å². The number of halogens is 3. The lowest BCUT2D eigenvalue weighted by molar-refractivity contribution is -0.274. The molecule has 1 aromatic carbocycles. The van der Waals surface area contributed by atoms with Gasteiger partial charge in [-0.25, -0.2) is 0 Å². The zero-order valence-electron chi connectivity index (χ0n) is 9.59. The molecule has 76 valence electrons. The zero-order valence-corrected chi connectivity index (χ0v) is 6.59. The van der Waals surface area contributed by atoms with Gasteiger partial charge in [-0.15, -0.1) is 13.2 Å². The molecule has 0 spiro atoms. The van der Waals surface area contributed by atoms with Crippen LogP contribution < -0.4 is 10.2 Å². The summed E-state index contributed by atoms with van der Waals surface area (Å²) in [6, 6.07) is -1.87. The lowest BCUT2D eigenvalue weighted by Gasteiger charge is -2.09. The minimum Gasteiger partial charge on any atom is -0.423 e. The summed E-state index contributed by atoms with van der Waals surface area (Å²) in [5.41, 5.74) is -0.750. The van der Waals surface area contributed by atoms with Crippen molar-refractivity contribution in [1.82, 2.24) is 0 Å². The highest BCUT2D eigenvalue weighted by Crippen LogP contribution is 2.21. The van der Waals surface area contributed by atoms with Crippen LogP contribution in [0.15, 0.2) is 24.2 Å². The fourth-order valence-corrected chi connectivity index (χ4v) is 0.684. The van der Waals surface area contributed by atoms with Crippen molar-refractivity contribution in [1.29, 1.82) is 0 Å². The van der Waals surface area contributed by atoms with Crippen molar-refractivity contribution in [3.63, 3.8) is 0 Å². The third-order valence-electron chi connectivity index (χ3n) is 1.16. The molecule has 0 bridgehead atoms. The first kappa shape index (κ1) is 7.13. The average Bonchev–Trinajstić information content (AvgIpc) is 2.09. The second-order valence-corrected chi connectivity index (χ2v) is 2.22. The van der Waals surface area contributed by atoms with Crippen molar-refractivity contribution in [3.8, 4) is 5.75 Å². The van der Waals surface area contributed by atoms with Crippen LogP contribution in [0.3, 0.4) is 0 Å². The number of hydrogen-bond acceptors (Lipinski definition) is 3. The lowest BCUT2D eigenvalue weighted by Crippen LogP contribution is -2.30. The fourth-order valence-electron chi connectivity index (χ4n) is 0.684. The van der Waals surface area contributed by atoms with E-state index < -0.39 is 42.8 Å². The summed E-state index contributed by atoms with van der Waals surface area (Å²) in [6.45, 7) is 0. The van der Waals surface area contributed by atoms with Gasteiger partial charge in [0, 0.05) is 0 Å². The first-order valence-corrected chi connectivity index (χ1v) is 3.36. The second kappa shape index (κ2) is 3.89. The number of benzene rings is 1. The lowest BCUT2D eigenvalue weighted by atomic mass is 9.80. The van der Waals surface area contributed by atoms with E-state index in [1.807, 2.05) is 0 Å². The summed E-state index contributed by atoms with van der Waals surface area (Å²) in [6.07, 6.45) is -5.10. The van der Waals surface area contributed by atoms with Gasteiger partial charge in [-0.2, -0.15) is 0 Å². The Morgan fingerprint density at radius 1 is 1.36 bits per heavy atom. The van der Waals surface area contributed by atoms with Crippen LogP contribution in [0.4, 0.5) is 13.2 Å². The van der Waals surface area contributed by atoms with E-state index in [0.29, 0.717) is 6.07 Å². The van der Waals surface area contributed by atoms with Gasteiger partial charge < -0.3 is 14.8 Å². The SMILES string of the molecule is [2H]c1cc([2H])c(B(O)O)c([2H])c1OC(F)(F)F. The van der Waals surface area contributed by atoms with Gasteiger partial charge >= 0.3 is 13.5 Å². The van der Waals surface area contributed by atoms with Crippen molar-refractivity contribution in [2.24, 2.45) is 0 Å². The molecule has 0 aliphatic rings. The van der Waals surface area contributed by atoms with Crippen molar-refractivity contribution in [2.45, 2.75) is 6.36 Å². The number of alkyl halides is 3. The molecule has 1 rings (SSSR count). The Balaban J connectivity index is 3.36. The Hall–Kier alpha value is -1.21. The van der Waals surface area contributed by atoms with Gasteiger partial charge in [-0.3, -0.25) is 0 Å². The Bertz CT molecular complexity index is 439. The number of hydrogen-bond donors (Lipinski definition) is 2. The Labute approximate surface area is 82.1 Å². The molecule has 0 heterocycles. The van der Waals surface area contributed by atoms with E-state index >= 15 is 0 Å². The van der Waals surface area contributed by atoms with Gasteiger partial charge in [0.05, 0.1) is 4.11 Å². The molecule has 0 radical (unpaired) electrons. The fraction of sp³-hybridized carbons (Fsp3) is 0.143. The van der Waals surface area contributed by atoms with E-state index in [0.717, 1.165) is 0 Å². The Morgan fingerprint density at radius 2 is 2.00 bits per heavy atom. The molecule has 0 fully saturated rings. The van der Waals surface area contributed by atoms with Gasteiger partial charge in [0.2, 0.25) is 0 Å². The molecule has 0 aliphatic heterocycles. The van der Waals surface area contributed by atoms with Gasteiger partial charge in [-0.05, 0) is 17.5 Å². The highest BCUT2D eigenvalue weighted by molar-refractivity contribution is 6.58. The normalized spacial score (nSPS) is 14.2. The summed E-state index contributed by atoms with van der Waals surface area (Å²) in [5, 5.41) is 17.6. The van der Waals surface area contributed by atoms with Crippen LogP contribution in [0, 0.1) is 0 Å².